The van der Waals surface area contributed by atoms with Gasteiger partial charge in [0.15, 0.2) is 11.5 Å². The molecule has 0 atom stereocenters. The summed E-state index contributed by atoms with van der Waals surface area (Å²) in [5.74, 6) is 2.54. The molecule has 0 spiro atoms. The largest absolute Gasteiger partial charge is 0.460 e. The normalized spacial score (nSPS) is 10.8. The summed E-state index contributed by atoms with van der Waals surface area (Å²) in [7, 11) is 0. The first kappa shape index (κ1) is 16.0. The lowest BCUT2D eigenvalue weighted by molar-refractivity contribution is 0.427. The summed E-state index contributed by atoms with van der Waals surface area (Å²) in [5.41, 5.74) is 3.07. The molecule has 0 radical (unpaired) electrons. The van der Waals surface area contributed by atoms with Crippen LogP contribution in [0.25, 0.3) is 22.8 Å². The van der Waals surface area contributed by atoms with E-state index in [1.54, 1.807) is 12.4 Å². The second-order valence-corrected chi connectivity index (χ2v) is 5.87. The van der Waals surface area contributed by atoms with Crippen LogP contribution < -0.4 is 5.32 Å². The van der Waals surface area contributed by atoms with Gasteiger partial charge in [0.05, 0.1) is 23.5 Å². The van der Waals surface area contributed by atoms with Gasteiger partial charge in [-0.15, -0.1) is 0 Å². The molecule has 0 aliphatic carbocycles. The van der Waals surface area contributed by atoms with Crippen molar-refractivity contribution in [2.24, 2.45) is 0 Å². The Morgan fingerprint density at radius 2 is 1.96 bits per heavy atom. The van der Waals surface area contributed by atoms with Crippen molar-refractivity contribution in [2.45, 2.75) is 20.4 Å². The Morgan fingerprint density at radius 1 is 1.04 bits per heavy atom. The molecular formula is C19H17N5O2. The van der Waals surface area contributed by atoms with Crippen LogP contribution in [0.2, 0.25) is 0 Å². The highest BCUT2D eigenvalue weighted by Gasteiger charge is 2.17. The smallest absolute Gasteiger partial charge is 0.223 e. The third-order valence-electron chi connectivity index (χ3n) is 3.81. The van der Waals surface area contributed by atoms with E-state index < -0.39 is 0 Å². The van der Waals surface area contributed by atoms with E-state index in [-0.39, 0.29) is 0 Å². The predicted molar refractivity (Wildman–Crippen MR) is 96.3 cm³/mol. The van der Waals surface area contributed by atoms with Gasteiger partial charge in [-0.25, -0.2) is 9.97 Å². The van der Waals surface area contributed by atoms with Crippen LogP contribution in [-0.4, -0.2) is 20.1 Å². The third-order valence-corrected chi connectivity index (χ3v) is 3.81. The monoisotopic (exact) mass is 347 g/mol. The highest BCUT2D eigenvalue weighted by Crippen LogP contribution is 2.32. The van der Waals surface area contributed by atoms with Crippen LogP contribution in [0.3, 0.4) is 0 Å². The third kappa shape index (κ3) is 3.32. The van der Waals surface area contributed by atoms with Gasteiger partial charge in [-0.2, -0.15) is 0 Å². The van der Waals surface area contributed by atoms with Crippen LogP contribution in [0.5, 0.6) is 0 Å². The van der Waals surface area contributed by atoms with Gasteiger partial charge in [-0.1, -0.05) is 11.2 Å². The van der Waals surface area contributed by atoms with Crippen LogP contribution >= 0.6 is 0 Å². The molecular weight excluding hydrogens is 330 g/mol. The summed E-state index contributed by atoms with van der Waals surface area (Å²) in [4.78, 5) is 13.3. The van der Waals surface area contributed by atoms with Crippen molar-refractivity contribution in [3.63, 3.8) is 0 Å². The van der Waals surface area contributed by atoms with Crippen LogP contribution in [0.4, 0.5) is 5.95 Å². The van der Waals surface area contributed by atoms with Gasteiger partial charge in [0.25, 0.3) is 0 Å². The van der Waals surface area contributed by atoms with E-state index in [4.69, 9.17) is 8.94 Å². The number of anilines is 1. The lowest BCUT2D eigenvalue weighted by Gasteiger charge is -2.08. The molecule has 0 unspecified atom stereocenters. The van der Waals surface area contributed by atoms with Crippen molar-refractivity contribution in [1.82, 2.24) is 20.1 Å². The lowest BCUT2D eigenvalue weighted by Crippen LogP contribution is -2.05. The molecule has 0 amide bonds. The Balaban J connectivity index is 1.69. The number of aryl methyl sites for hydroxylation is 2. The average Bonchev–Trinajstić information content (AvgIpc) is 3.29. The number of nitrogens with one attached hydrogen (secondary N) is 1. The zero-order valence-electron chi connectivity index (χ0n) is 14.4. The maximum Gasteiger partial charge on any atom is 0.223 e. The van der Waals surface area contributed by atoms with E-state index in [9.17, 15) is 0 Å². The summed E-state index contributed by atoms with van der Waals surface area (Å²) >= 11 is 0. The lowest BCUT2D eigenvalue weighted by atomic mass is 10.1. The Morgan fingerprint density at radius 3 is 2.65 bits per heavy atom. The number of hydrogen-bond donors (Lipinski definition) is 1. The molecule has 7 heteroatoms. The molecule has 0 fully saturated rings. The van der Waals surface area contributed by atoms with E-state index >= 15 is 0 Å². The molecule has 4 aromatic heterocycles. The fourth-order valence-electron chi connectivity index (χ4n) is 2.56. The van der Waals surface area contributed by atoms with Gasteiger partial charge in [-0.3, -0.25) is 4.98 Å². The first-order valence-electron chi connectivity index (χ1n) is 8.20. The molecule has 0 saturated heterocycles. The summed E-state index contributed by atoms with van der Waals surface area (Å²) in [6.07, 6.45) is 3.46. The number of nitrogens with zero attached hydrogens (tertiary/aromatic N) is 4. The van der Waals surface area contributed by atoms with E-state index in [0.29, 0.717) is 29.7 Å². The predicted octanol–water partition coefficient (Wildman–Crippen LogP) is 4.02. The number of aromatic nitrogens is 4. The summed E-state index contributed by atoms with van der Waals surface area (Å²) < 4.78 is 11.2. The summed E-state index contributed by atoms with van der Waals surface area (Å²) in [5, 5.41) is 7.14. The zero-order chi connectivity index (χ0) is 17.9. The number of hydrogen-bond acceptors (Lipinski definition) is 7. The fourth-order valence-corrected chi connectivity index (χ4v) is 2.56. The number of pyridine rings is 1. The molecule has 0 saturated carbocycles. The van der Waals surface area contributed by atoms with Crippen molar-refractivity contribution >= 4 is 5.95 Å². The molecule has 0 bridgehead atoms. The van der Waals surface area contributed by atoms with E-state index in [2.05, 4.69) is 25.4 Å². The molecule has 7 nitrogen and oxygen atoms in total. The SMILES string of the molecule is Cc1cc(-c2cnc(NCc3ccccn3)nc2-c2ccc(C)o2)on1. The van der Waals surface area contributed by atoms with Gasteiger partial charge in [0.2, 0.25) is 5.95 Å². The molecule has 4 heterocycles. The van der Waals surface area contributed by atoms with Gasteiger partial charge >= 0.3 is 0 Å². The molecule has 0 aliphatic heterocycles. The fraction of sp³-hybridized carbons (Fsp3) is 0.158. The van der Waals surface area contributed by atoms with Gasteiger partial charge < -0.3 is 14.3 Å². The molecule has 130 valence electrons. The molecule has 4 aromatic rings. The van der Waals surface area contributed by atoms with Crippen LogP contribution in [0.15, 0.2) is 57.7 Å². The van der Waals surface area contributed by atoms with Gasteiger partial charge in [-0.05, 0) is 38.1 Å². The van der Waals surface area contributed by atoms with E-state index in [1.165, 1.54) is 0 Å². The molecule has 1 N–H and O–H groups in total. The van der Waals surface area contributed by atoms with Crippen LogP contribution in [-0.2, 0) is 6.54 Å². The Hall–Kier alpha value is -3.48. The second-order valence-electron chi connectivity index (χ2n) is 5.87. The molecule has 0 aliphatic rings. The molecule has 4 rings (SSSR count). The molecule has 26 heavy (non-hydrogen) atoms. The minimum atomic E-state index is 0.486. The topological polar surface area (TPSA) is 89.9 Å². The van der Waals surface area contributed by atoms with Crippen molar-refractivity contribution in [1.29, 1.82) is 0 Å². The van der Waals surface area contributed by atoms with Crippen molar-refractivity contribution < 1.29 is 8.94 Å². The number of furan rings is 1. The first-order chi connectivity index (χ1) is 12.7. The highest BCUT2D eigenvalue weighted by atomic mass is 16.5. The van der Waals surface area contributed by atoms with Crippen molar-refractivity contribution in [3.05, 3.63) is 65.9 Å². The average molecular weight is 347 g/mol. The van der Waals surface area contributed by atoms with Crippen LogP contribution in [0, 0.1) is 13.8 Å². The summed E-state index contributed by atoms with van der Waals surface area (Å²) in [6, 6.07) is 11.4. The Bertz CT molecular complexity index is 1020. The van der Waals surface area contributed by atoms with Crippen molar-refractivity contribution in [3.8, 4) is 22.8 Å². The van der Waals surface area contributed by atoms with Gasteiger partial charge in [0, 0.05) is 18.5 Å². The summed E-state index contributed by atoms with van der Waals surface area (Å²) in [6.45, 7) is 4.29. The number of rotatable bonds is 5. The van der Waals surface area contributed by atoms with Crippen LogP contribution in [0.1, 0.15) is 17.1 Å². The minimum Gasteiger partial charge on any atom is -0.460 e. The standard InChI is InChI=1S/C19H17N5O2/c1-12-9-17(26-24-12)15-11-22-19(21-10-14-5-3-4-8-20-14)23-18(15)16-7-6-13(2)25-16/h3-9,11H,10H2,1-2H3,(H,21,22,23). The highest BCUT2D eigenvalue weighted by molar-refractivity contribution is 5.75. The maximum absolute atomic E-state index is 5.76. The van der Waals surface area contributed by atoms with E-state index in [0.717, 1.165) is 22.7 Å². The first-order valence-corrected chi connectivity index (χ1v) is 8.20. The van der Waals surface area contributed by atoms with Gasteiger partial charge in [0.1, 0.15) is 11.5 Å². The Kier molecular flexibility index (Phi) is 4.18. The maximum atomic E-state index is 5.76. The van der Waals surface area contributed by atoms with E-state index in [1.807, 2.05) is 50.2 Å². The minimum absolute atomic E-state index is 0.486. The molecule has 0 aromatic carbocycles. The zero-order valence-corrected chi connectivity index (χ0v) is 14.4. The van der Waals surface area contributed by atoms with Crippen molar-refractivity contribution in [2.75, 3.05) is 5.32 Å². The Labute approximate surface area is 150 Å². The quantitative estimate of drug-likeness (QED) is 0.583. The second kappa shape index (κ2) is 6.79.